The molecule has 1 fully saturated rings. The van der Waals surface area contributed by atoms with Gasteiger partial charge in [-0.3, -0.25) is 9.59 Å². The predicted molar refractivity (Wildman–Crippen MR) is 122 cm³/mol. The Bertz CT molecular complexity index is 1020. The average Bonchev–Trinajstić information content (AvgIpc) is 3.02. The van der Waals surface area contributed by atoms with E-state index < -0.39 is 17.7 Å². The molecule has 0 bridgehead atoms. The van der Waals surface area contributed by atoms with Crippen LogP contribution in [-0.2, 0) is 9.59 Å². The SMILES string of the molecule is CCCCN1C(=O)C(=O)/C(=C(/O)c2ccc(OC)c(Br)c2)C1c1cccc(OCC)c1. The van der Waals surface area contributed by atoms with Crippen LogP contribution in [0, 0.1) is 0 Å². The van der Waals surface area contributed by atoms with Crippen LogP contribution in [0.25, 0.3) is 5.76 Å². The van der Waals surface area contributed by atoms with Gasteiger partial charge < -0.3 is 19.5 Å². The van der Waals surface area contributed by atoms with Crippen molar-refractivity contribution in [2.24, 2.45) is 0 Å². The predicted octanol–water partition coefficient (Wildman–Crippen LogP) is 5.08. The molecule has 2 aromatic carbocycles. The minimum Gasteiger partial charge on any atom is -0.507 e. The number of benzene rings is 2. The Hall–Kier alpha value is -2.80. The zero-order valence-corrected chi connectivity index (χ0v) is 19.4. The molecule has 1 aliphatic heterocycles. The first kappa shape index (κ1) is 22.9. The van der Waals surface area contributed by atoms with Crippen molar-refractivity contribution in [3.63, 3.8) is 0 Å². The number of hydrogen-bond acceptors (Lipinski definition) is 5. The van der Waals surface area contributed by atoms with Crippen LogP contribution in [0.3, 0.4) is 0 Å². The number of methoxy groups -OCH3 is 1. The molecule has 1 atom stereocenters. The number of carbonyl (C=O) groups excluding carboxylic acids is 2. The Balaban J connectivity index is 2.16. The summed E-state index contributed by atoms with van der Waals surface area (Å²) >= 11 is 3.41. The van der Waals surface area contributed by atoms with Crippen molar-refractivity contribution in [3.8, 4) is 11.5 Å². The normalized spacial score (nSPS) is 17.8. The Kier molecular flexibility index (Phi) is 7.38. The van der Waals surface area contributed by atoms with Crippen molar-refractivity contribution in [1.82, 2.24) is 4.90 Å². The van der Waals surface area contributed by atoms with Gasteiger partial charge in [-0.2, -0.15) is 0 Å². The zero-order valence-electron chi connectivity index (χ0n) is 17.9. The van der Waals surface area contributed by atoms with Crippen LogP contribution in [0.5, 0.6) is 11.5 Å². The lowest BCUT2D eigenvalue weighted by atomic mass is 9.95. The van der Waals surface area contributed by atoms with E-state index in [1.807, 2.05) is 38.1 Å². The second kappa shape index (κ2) is 10.0. The molecule has 6 nitrogen and oxygen atoms in total. The van der Waals surface area contributed by atoms with Crippen LogP contribution in [0.4, 0.5) is 0 Å². The molecule has 1 unspecified atom stereocenters. The highest BCUT2D eigenvalue weighted by atomic mass is 79.9. The monoisotopic (exact) mass is 487 g/mol. The van der Waals surface area contributed by atoms with Gasteiger partial charge in [-0.05, 0) is 65.2 Å². The summed E-state index contributed by atoms with van der Waals surface area (Å²) in [5.74, 6) is -0.261. The number of hydrogen-bond donors (Lipinski definition) is 1. The van der Waals surface area contributed by atoms with E-state index in [9.17, 15) is 14.7 Å². The van der Waals surface area contributed by atoms with E-state index in [0.29, 0.717) is 34.7 Å². The lowest BCUT2D eigenvalue weighted by Gasteiger charge is -2.25. The fourth-order valence-corrected chi connectivity index (χ4v) is 4.24. The van der Waals surface area contributed by atoms with Gasteiger partial charge in [-0.25, -0.2) is 0 Å². The summed E-state index contributed by atoms with van der Waals surface area (Å²) in [6, 6.07) is 11.6. The quantitative estimate of drug-likeness (QED) is 0.319. The summed E-state index contributed by atoms with van der Waals surface area (Å²) in [6.07, 6.45) is 1.63. The molecule has 1 saturated heterocycles. The van der Waals surface area contributed by atoms with Gasteiger partial charge in [0.2, 0.25) is 0 Å². The molecule has 2 aromatic rings. The van der Waals surface area contributed by atoms with Gasteiger partial charge in [0.05, 0.1) is 29.8 Å². The Morgan fingerprint density at radius 3 is 2.58 bits per heavy atom. The van der Waals surface area contributed by atoms with Gasteiger partial charge in [0.1, 0.15) is 17.3 Å². The molecule has 1 heterocycles. The molecule has 0 aliphatic carbocycles. The van der Waals surface area contributed by atoms with Gasteiger partial charge in [-0.15, -0.1) is 0 Å². The van der Waals surface area contributed by atoms with Gasteiger partial charge in [0.15, 0.2) is 0 Å². The molecule has 0 saturated carbocycles. The average molecular weight is 488 g/mol. The molecule has 0 spiro atoms. The maximum absolute atomic E-state index is 13.0. The molecule has 164 valence electrons. The highest BCUT2D eigenvalue weighted by Gasteiger charge is 2.45. The second-order valence-corrected chi connectivity index (χ2v) is 8.06. The van der Waals surface area contributed by atoms with Crippen molar-refractivity contribution in [1.29, 1.82) is 0 Å². The van der Waals surface area contributed by atoms with E-state index in [-0.39, 0.29) is 11.3 Å². The lowest BCUT2D eigenvalue weighted by Crippen LogP contribution is -2.30. The van der Waals surface area contributed by atoms with Crippen LogP contribution in [0.1, 0.15) is 43.9 Å². The van der Waals surface area contributed by atoms with Crippen molar-refractivity contribution >= 4 is 33.4 Å². The third-order valence-corrected chi connectivity index (χ3v) is 5.82. The van der Waals surface area contributed by atoms with Gasteiger partial charge in [0.25, 0.3) is 11.7 Å². The summed E-state index contributed by atoms with van der Waals surface area (Å²) in [4.78, 5) is 27.5. The van der Waals surface area contributed by atoms with Crippen molar-refractivity contribution < 1.29 is 24.2 Å². The van der Waals surface area contributed by atoms with Crippen LogP contribution < -0.4 is 9.47 Å². The smallest absolute Gasteiger partial charge is 0.295 e. The molecular formula is C24H26BrNO5. The largest absolute Gasteiger partial charge is 0.507 e. The summed E-state index contributed by atoms with van der Waals surface area (Å²) in [7, 11) is 1.55. The number of unbranched alkanes of at least 4 members (excludes halogenated alkanes) is 1. The molecule has 0 radical (unpaired) electrons. The summed E-state index contributed by atoms with van der Waals surface area (Å²) < 4.78 is 11.5. The van der Waals surface area contributed by atoms with E-state index in [4.69, 9.17) is 9.47 Å². The highest BCUT2D eigenvalue weighted by Crippen LogP contribution is 2.41. The summed E-state index contributed by atoms with van der Waals surface area (Å²) in [5.41, 5.74) is 1.22. The third-order valence-electron chi connectivity index (χ3n) is 5.20. The number of carbonyl (C=O) groups is 2. The maximum atomic E-state index is 13.0. The van der Waals surface area contributed by atoms with E-state index in [0.717, 1.165) is 18.4 Å². The fraction of sp³-hybridized carbons (Fsp3) is 0.333. The first-order valence-corrected chi connectivity index (χ1v) is 11.1. The van der Waals surface area contributed by atoms with Gasteiger partial charge in [-0.1, -0.05) is 25.5 Å². The summed E-state index contributed by atoms with van der Waals surface area (Å²) in [6.45, 7) is 4.84. The van der Waals surface area contributed by atoms with E-state index in [1.165, 1.54) is 0 Å². The number of halogens is 1. The number of likely N-dealkylation sites (tertiary alicyclic amines) is 1. The van der Waals surface area contributed by atoms with E-state index >= 15 is 0 Å². The number of amides is 1. The van der Waals surface area contributed by atoms with Gasteiger partial charge >= 0.3 is 0 Å². The molecule has 7 heteroatoms. The van der Waals surface area contributed by atoms with Crippen molar-refractivity contribution in [3.05, 3.63) is 63.6 Å². The number of nitrogens with zero attached hydrogens (tertiary/aromatic N) is 1. The molecule has 3 rings (SSSR count). The third kappa shape index (κ3) is 4.61. The number of aliphatic hydroxyl groups excluding tert-OH is 1. The van der Waals surface area contributed by atoms with Crippen molar-refractivity contribution in [2.75, 3.05) is 20.3 Å². The first-order chi connectivity index (χ1) is 14.9. The molecular weight excluding hydrogens is 462 g/mol. The number of ketones is 1. The minimum atomic E-state index is -0.688. The Morgan fingerprint density at radius 2 is 1.94 bits per heavy atom. The van der Waals surface area contributed by atoms with Gasteiger partial charge in [0, 0.05) is 12.1 Å². The molecule has 1 amide bonds. The number of rotatable bonds is 8. The molecule has 1 N–H and O–H groups in total. The zero-order chi connectivity index (χ0) is 22.5. The van der Waals surface area contributed by atoms with Crippen LogP contribution in [0.15, 0.2) is 52.5 Å². The van der Waals surface area contributed by atoms with E-state index in [2.05, 4.69) is 15.9 Å². The van der Waals surface area contributed by atoms with Crippen LogP contribution in [-0.4, -0.2) is 42.0 Å². The van der Waals surface area contributed by atoms with Crippen LogP contribution >= 0.6 is 15.9 Å². The van der Waals surface area contributed by atoms with Crippen LogP contribution in [0.2, 0.25) is 0 Å². The molecule has 31 heavy (non-hydrogen) atoms. The van der Waals surface area contributed by atoms with Crippen molar-refractivity contribution in [2.45, 2.75) is 32.7 Å². The number of aliphatic hydroxyl groups is 1. The standard InChI is InChI=1S/C24H26BrNO5/c1-4-6-12-26-21(15-8-7-9-17(13-15)31-5-2)20(23(28)24(26)29)22(27)16-10-11-19(30-3)18(25)14-16/h7-11,13-14,21,27H,4-6,12H2,1-3H3/b22-20+. The Morgan fingerprint density at radius 1 is 1.16 bits per heavy atom. The number of Topliss-reactive ketones (excluding diaryl/α,β-unsaturated/α-hetero) is 1. The molecule has 1 aliphatic rings. The lowest BCUT2D eigenvalue weighted by molar-refractivity contribution is -0.139. The van der Waals surface area contributed by atoms with E-state index in [1.54, 1.807) is 30.2 Å². The molecule has 0 aromatic heterocycles. The topological polar surface area (TPSA) is 76.1 Å². The second-order valence-electron chi connectivity index (χ2n) is 7.20. The Labute approximate surface area is 190 Å². The first-order valence-electron chi connectivity index (χ1n) is 10.3. The minimum absolute atomic E-state index is 0.0758. The number of ether oxygens (including phenoxy) is 2. The summed E-state index contributed by atoms with van der Waals surface area (Å²) in [5, 5.41) is 11.1. The maximum Gasteiger partial charge on any atom is 0.295 e. The highest BCUT2D eigenvalue weighted by molar-refractivity contribution is 9.10. The fourth-order valence-electron chi connectivity index (χ4n) is 3.70.